The van der Waals surface area contributed by atoms with Crippen molar-refractivity contribution in [2.75, 3.05) is 16.0 Å². The van der Waals surface area contributed by atoms with Crippen LogP contribution in [0.4, 0.5) is 17.1 Å². The molecule has 0 fully saturated rings. The molecule has 0 unspecified atom stereocenters. The SMILES string of the molecule is Cc1cccc2nc(C(=O)Nc3ccccc3)cn12.Cc1ccn2cc(C(=O)Nc3ccccc3)nc2c1.O=C(Nc1ccccc1)c1cn2cc(Br)ccc2n1. The molecule has 0 aliphatic rings. The van der Waals surface area contributed by atoms with Gasteiger partial charge in [0, 0.05) is 58.2 Å². The Morgan fingerprint density at radius 3 is 1.53 bits per heavy atom. The van der Waals surface area contributed by atoms with Crippen molar-refractivity contribution in [3.63, 3.8) is 0 Å². The molecule has 9 rings (SSSR count). The van der Waals surface area contributed by atoms with Gasteiger partial charge in [-0.2, -0.15) is 0 Å². The Labute approximate surface area is 336 Å². The van der Waals surface area contributed by atoms with Gasteiger partial charge < -0.3 is 29.2 Å². The molecule has 0 aliphatic heterocycles. The van der Waals surface area contributed by atoms with Crippen LogP contribution in [0.25, 0.3) is 16.9 Å². The Morgan fingerprint density at radius 1 is 0.491 bits per heavy atom. The normalized spacial score (nSPS) is 10.6. The Balaban J connectivity index is 0.000000131. The van der Waals surface area contributed by atoms with Crippen molar-refractivity contribution in [2.45, 2.75) is 13.8 Å². The molecule has 0 spiro atoms. The molecule has 12 nitrogen and oxygen atoms in total. The fourth-order valence-corrected chi connectivity index (χ4v) is 6.03. The number of rotatable bonds is 6. The van der Waals surface area contributed by atoms with E-state index in [1.807, 2.05) is 173 Å². The van der Waals surface area contributed by atoms with Crippen LogP contribution in [0.15, 0.2) is 169 Å². The summed E-state index contributed by atoms with van der Waals surface area (Å²) in [5, 5.41) is 8.45. The van der Waals surface area contributed by atoms with Gasteiger partial charge in [0.1, 0.15) is 34.0 Å². The van der Waals surface area contributed by atoms with E-state index in [1.54, 1.807) is 18.6 Å². The molecule has 0 aliphatic carbocycles. The van der Waals surface area contributed by atoms with E-state index in [2.05, 4.69) is 46.8 Å². The summed E-state index contributed by atoms with van der Waals surface area (Å²) in [7, 11) is 0. The van der Waals surface area contributed by atoms with E-state index >= 15 is 0 Å². The van der Waals surface area contributed by atoms with E-state index in [9.17, 15) is 14.4 Å². The van der Waals surface area contributed by atoms with Crippen molar-refractivity contribution in [1.29, 1.82) is 0 Å². The zero-order valence-corrected chi connectivity index (χ0v) is 32.5. The number of imidazole rings is 3. The second kappa shape index (κ2) is 17.4. The third kappa shape index (κ3) is 9.65. The number of carbonyl (C=O) groups excluding carboxylic acids is 3. The number of benzene rings is 3. The molecule has 57 heavy (non-hydrogen) atoms. The molecule has 0 saturated carbocycles. The lowest BCUT2D eigenvalue weighted by Crippen LogP contribution is -2.12. The van der Waals surface area contributed by atoms with Crippen LogP contribution >= 0.6 is 15.9 Å². The number of fused-ring (bicyclic) bond motifs is 3. The van der Waals surface area contributed by atoms with E-state index in [4.69, 9.17) is 0 Å². The minimum atomic E-state index is -0.217. The van der Waals surface area contributed by atoms with Crippen LogP contribution in [-0.2, 0) is 0 Å². The average Bonchev–Trinajstić information content (AvgIpc) is 3.97. The van der Waals surface area contributed by atoms with E-state index in [-0.39, 0.29) is 17.7 Å². The molecule has 9 aromatic rings. The number of aromatic nitrogens is 6. The molecule has 6 heterocycles. The Bertz CT molecular complexity index is 2690. The van der Waals surface area contributed by atoms with Gasteiger partial charge in [0.25, 0.3) is 17.7 Å². The van der Waals surface area contributed by atoms with E-state index in [0.717, 1.165) is 49.7 Å². The second-order valence-electron chi connectivity index (χ2n) is 12.8. The average molecular weight is 819 g/mol. The summed E-state index contributed by atoms with van der Waals surface area (Å²) in [5.41, 5.74) is 7.96. The van der Waals surface area contributed by atoms with Crippen molar-refractivity contribution < 1.29 is 14.4 Å². The number of carbonyl (C=O) groups is 3. The first-order valence-corrected chi connectivity index (χ1v) is 18.6. The molecule has 0 bridgehead atoms. The van der Waals surface area contributed by atoms with Gasteiger partial charge in [-0.15, -0.1) is 0 Å². The number of amides is 3. The number of nitrogens with one attached hydrogen (secondary N) is 3. The van der Waals surface area contributed by atoms with E-state index in [0.29, 0.717) is 17.1 Å². The van der Waals surface area contributed by atoms with Gasteiger partial charge in [-0.05, 0) is 108 Å². The van der Waals surface area contributed by atoms with Gasteiger partial charge in [0.15, 0.2) is 0 Å². The number of anilines is 3. The monoisotopic (exact) mass is 817 g/mol. The van der Waals surface area contributed by atoms with Crippen LogP contribution in [0.1, 0.15) is 42.7 Å². The Kier molecular flexibility index (Phi) is 11.6. The summed E-state index contributed by atoms with van der Waals surface area (Å²) in [4.78, 5) is 49.2. The first kappa shape index (κ1) is 37.9. The molecule has 282 valence electrons. The number of halogens is 1. The molecule has 3 amide bonds. The summed E-state index contributed by atoms with van der Waals surface area (Å²) in [6.45, 7) is 3.98. The predicted molar refractivity (Wildman–Crippen MR) is 226 cm³/mol. The highest BCUT2D eigenvalue weighted by Crippen LogP contribution is 2.15. The molecular weight excluding hydrogens is 782 g/mol. The standard InChI is InChI=1S/2C15H13N3O.C14H10BrN3O/c1-11-6-5-9-14-17-13(10-18(11)14)15(19)16-12-7-3-2-4-8-12;1-11-7-8-18-10-13(17-14(18)9-11)15(19)16-12-5-3-2-4-6-12;15-10-6-7-13-17-12(9-18(13)8-10)14(19)16-11-4-2-1-3-5-11/h2*2-10H,1H3,(H,16,19);1-9H,(H,16,19). The first-order chi connectivity index (χ1) is 27.7. The van der Waals surface area contributed by atoms with Gasteiger partial charge >= 0.3 is 0 Å². The smallest absolute Gasteiger partial charge is 0.275 e. The zero-order chi connectivity index (χ0) is 39.7. The topological polar surface area (TPSA) is 139 Å². The molecule has 6 aromatic heterocycles. The lowest BCUT2D eigenvalue weighted by molar-refractivity contribution is 0.101. The van der Waals surface area contributed by atoms with Crippen LogP contribution in [-0.4, -0.2) is 45.9 Å². The highest BCUT2D eigenvalue weighted by atomic mass is 79.9. The number of aryl methyl sites for hydroxylation is 2. The van der Waals surface area contributed by atoms with Gasteiger partial charge in [0.05, 0.1) is 0 Å². The summed E-state index contributed by atoms with van der Waals surface area (Å²) in [6.07, 6.45) is 8.95. The molecule has 3 N–H and O–H groups in total. The van der Waals surface area contributed by atoms with E-state index < -0.39 is 0 Å². The molecule has 3 aromatic carbocycles. The summed E-state index contributed by atoms with van der Waals surface area (Å²) in [5.74, 6) is -0.618. The summed E-state index contributed by atoms with van der Waals surface area (Å²) in [6, 6.07) is 41.5. The molecule has 0 saturated heterocycles. The van der Waals surface area contributed by atoms with Crippen LogP contribution in [0.3, 0.4) is 0 Å². The van der Waals surface area contributed by atoms with Crippen molar-refractivity contribution >= 4 is 67.7 Å². The van der Waals surface area contributed by atoms with Crippen LogP contribution in [0.5, 0.6) is 0 Å². The fraction of sp³-hybridized carbons (Fsp3) is 0.0455. The minimum Gasteiger partial charge on any atom is -0.321 e. The van der Waals surface area contributed by atoms with Crippen LogP contribution in [0.2, 0.25) is 0 Å². The second-order valence-corrected chi connectivity index (χ2v) is 13.7. The summed E-state index contributed by atoms with van der Waals surface area (Å²) < 4.78 is 6.49. The molecule has 0 radical (unpaired) electrons. The van der Waals surface area contributed by atoms with Gasteiger partial charge in [-0.1, -0.05) is 60.7 Å². The van der Waals surface area contributed by atoms with Crippen molar-refractivity contribution in [3.8, 4) is 0 Å². The Hall–Kier alpha value is -7.38. The predicted octanol–water partition coefficient (Wildman–Crippen LogP) is 9.14. The van der Waals surface area contributed by atoms with E-state index in [1.165, 1.54) is 0 Å². The largest absolute Gasteiger partial charge is 0.321 e. The quantitative estimate of drug-likeness (QED) is 0.153. The van der Waals surface area contributed by atoms with Crippen LogP contribution < -0.4 is 16.0 Å². The minimum absolute atomic E-state index is 0.200. The maximum absolute atomic E-state index is 12.1. The highest BCUT2D eigenvalue weighted by molar-refractivity contribution is 9.10. The van der Waals surface area contributed by atoms with Crippen molar-refractivity contribution in [1.82, 2.24) is 28.2 Å². The third-order valence-electron chi connectivity index (χ3n) is 8.52. The third-order valence-corrected chi connectivity index (χ3v) is 8.99. The number of pyridine rings is 3. The molecular formula is C44H36BrN9O3. The van der Waals surface area contributed by atoms with Crippen molar-refractivity contribution in [3.05, 3.63) is 197 Å². The lowest BCUT2D eigenvalue weighted by Gasteiger charge is -2.01. The molecule has 13 heteroatoms. The number of hydrogen-bond acceptors (Lipinski definition) is 6. The van der Waals surface area contributed by atoms with Gasteiger partial charge in [-0.25, -0.2) is 15.0 Å². The van der Waals surface area contributed by atoms with Crippen molar-refractivity contribution in [2.24, 2.45) is 0 Å². The highest BCUT2D eigenvalue weighted by Gasteiger charge is 2.13. The Morgan fingerprint density at radius 2 is 0.982 bits per heavy atom. The number of nitrogens with zero attached hydrogens (tertiary/aromatic N) is 6. The maximum Gasteiger partial charge on any atom is 0.275 e. The maximum atomic E-state index is 12.1. The van der Waals surface area contributed by atoms with Gasteiger partial charge in [0.2, 0.25) is 0 Å². The number of hydrogen-bond donors (Lipinski definition) is 3. The molecule has 0 atom stereocenters. The zero-order valence-electron chi connectivity index (χ0n) is 30.9. The summed E-state index contributed by atoms with van der Waals surface area (Å²) >= 11 is 3.38. The van der Waals surface area contributed by atoms with Gasteiger partial charge in [-0.3, -0.25) is 14.4 Å². The number of para-hydroxylation sites is 3. The van der Waals surface area contributed by atoms with Crippen LogP contribution in [0, 0.1) is 13.8 Å². The lowest BCUT2D eigenvalue weighted by atomic mass is 10.3. The first-order valence-electron chi connectivity index (χ1n) is 17.8. The fourth-order valence-electron chi connectivity index (χ4n) is 5.67.